The van der Waals surface area contributed by atoms with E-state index in [2.05, 4.69) is 0 Å². The number of carbonyl (C=O) groups excluding carboxylic acids is 1. The van der Waals surface area contributed by atoms with Crippen molar-refractivity contribution in [1.29, 1.82) is 0 Å². The highest BCUT2D eigenvalue weighted by Gasteiger charge is 1.99. The lowest BCUT2D eigenvalue weighted by atomic mass is 10.3. The van der Waals surface area contributed by atoms with Gasteiger partial charge in [-0.25, -0.2) is 0 Å². The zero-order chi connectivity index (χ0) is 8.53. The fourth-order valence-corrected chi connectivity index (χ4v) is 0.767. The van der Waals surface area contributed by atoms with Crippen LogP contribution in [-0.2, 0) is 4.79 Å². The van der Waals surface area contributed by atoms with E-state index in [4.69, 9.17) is 11.5 Å². The number of nitrogens with zero attached hydrogens (tertiary/aromatic N) is 1. The van der Waals surface area contributed by atoms with Crippen molar-refractivity contribution in [3.63, 3.8) is 0 Å². The van der Waals surface area contributed by atoms with Crippen LogP contribution in [0.25, 0.3) is 0 Å². The van der Waals surface area contributed by atoms with Crippen molar-refractivity contribution in [1.82, 2.24) is 4.90 Å². The Labute approximate surface area is 67.5 Å². The molecule has 0 atom stereocenters. The summed E-state index contributed by atoms with van der Waals surface area (Å²) in [5, 5.41) is 0. The molecular formula is C7H16N3O. The minimum Gasteiger partial charge on any atom is -0.334 e. The van der Waals surface area contributed by atoms with Crippen LogP contribution in [0.2, 0.25) is 0 Å². The van der Waals surface area contributed by atoms with Crippen LogP contribution in [0, 0.1) is 0 Å². The van der Waals surface area contributed by atoms with Crippen molar-refractivity contribution in [3.8, 4) is 0 Å². The molecule has 0 fully saturated rings. The second-order valence-electron chi connectivity index (χ2n) is 2.36. The van der Waals surface area contributed by atoms with Gasteiger partial charge < -0.3 is 16.4 Å². The zero-order valence-corrected chi connectivity index (χ0v) is 6.75. The van der Waals surface area contributed by atoms with E-state index in [0.717, 1.165) is 12.8 Å². The Balaban J connectivity index is 3.33. The molecule has 11 heavy (non-hydrogen) atoms. The lowest BCUT2D eigenvalue weighted by Gasteiger charge is -2.14. The van der Waals surface area contributed by atoms with Gasteiger partial charge in [0.25, 0.3) is 0 Å². The van der Waals surface area contributed by atoms with Crippen LogP contribution < -0.4 is 11.5 Å². The smallest absolute Gasteiger partial charge is 0.312 e. The summed E-state index contributed by atoms with van der Waals surface area (Å²) in [5.41, 5.74) is 10.6. The molecule has 0 aromatic heterocycles. The van der Waals surface area contributed by atoms with E-state index in [-0.39, 0.29) is 0 Å². The first kappa shape index (κ1) is 10.4. The normalized spacial score (nSPS) is 9.64. The van der Waals surface area contributed by atoms with Crippen molar-refractivity contribution in [2.75, 3.05) is 26.2 Å². The highest BCUT2D eigenvalue weighted by atomic mass is 16.1. The van der Waals surface area contributed by atoms with Gasteiger partial charge in [-0.2, -0.15) is 0 Å². The Hall–Kier alpha value is -0.610. The molecule has 4 heteroatoms. The summed E-state index contributed by atoms with van der Waals surface area (Å²) in [7, 11) is 0. The van der Waals surface area contributed by atoms with E-state index < -0.39 is 0 Å². The van der Waals surface area contributed by atoms with E-state index in [1.165, 1.54) is 0 Å². The maximum absolute atomic E-state index is 10.2. The molecule has 0 aliphatic heterocycles. The average molecular weight is 158 g/mol. The summed E-state index contributed by atoms with van der Waals surface area (Å²) >= 11 is 0. The molecule has 0 aliphatic rings. The van der Waals surface area contributed by atoms with Crippen molar-refractivity contribution in [2.45, 2.75) is 12.8 Å². The van der Waals surface area contributed by atoms with Gasteiger partial charge in [-0.15, -0.1) is 0 Å². The van der Waals surface area contributed by atoms with Crippen LogP contribution in [0.15, 0.2) is 0 Å². The maximum Gasteiger partial charge on any atom is 0.312 e. The second-order valence-corrected chi connectivity index (χ2v) is 2.36. The van der Waals surface area contributed by atoms with Gasteiger partial charge in [-0.3, -0.25) is 4.79 Å². The number of amides is 1. The third-order valence-electron chi connectivity index (χ3n) is 1.39. The van der Waals surface area contributed by atoms with Crippen LogP contribution in [0.3, 0.4) is 0 Å². The molecule has 0 saturated carbocycles. The summed E-state index contributed by atoms with van der Waals surface area (Å²) in [6, 6.07) is 0. The molecule has 0 aromatic carbocycles. The summed E-state index contributed by atoms with van der Waals surface area (Å²) in [6.45, 7) is 2.61. The molecule has 0 aliphatic carbocycles. The third kappa shape index (κ3) is 5.82. The highest BCUT2D eigenvalue weighted by molar-refractivity contribution is 5.47. The SMILES string of the molecule is NCCCN([C]=O)CCCN. The minimum absolute atomic E-state index is 0.612. The molecule has 0 aromatic rings. The molecule has 0 bridgehead atoms. The number of nitrogens with two attached hydrogens (primary N) is 2. The average Bonchev–Trinajstić information content (AvgIpc) is 2.05. The Kier molecular flexibility index (Phi) is 7.08. The molecule has 0 rings (SSSR count). The molecule has 1 radical (unpaired) electrons. The van der Waals surface area contributed by atoms with Crippen LogP contribution in [0.1, 0.15) is 12.8 Å². The minimum atomic E-state index is 0.612. The molecule has 1 amide bonds. The summed E-state index contributed by atoms with van der Waals surface area (Å²) in [6.07, 6.45) is 3.51. The number of hydrogen-bond donors (Lipinski definition) is 2. The monoisotopic (exact) mass is 158 g/mol. The molecule has 0 saturated heterocycles. The predicted octanol–water partition coefficient (Wildman–Crippen LogP) is -0.947. The third-order valence-corrected chi connectivity index (χ3v) is 1.39. The van der Waals surface area contributed by atoms with Crippen LogP contribution in [0.4, 0.5) is 0 Å². The summed E-state index contributed by atoms with van der Waals surface area (Å²) < 4.78 is 0. The van der Waals surface area contributed by atoms with Crippen molar-refractivity contribution in [2.24, 2.45) is 11.5 Å². The van der Waals surface area contributed by atoms with E-state index in [1.807, 2.05) is 6.41 Å². The van der Waals surface area contributed by atoms with Gasteiger partial charge in [0.1, 0.15) is 0 Å². The molecule has 0 spiro atoms. The fraction of sp³-hybridized carbons (Fsp3) is 0.857. The highest BCUT2D eigenvalue weighted by Crippen LogP contribution is 1.88. The van der Waals surface area contributed by atoms with Gasteiger partial charge >= 0.3 is 6.41 Å². The van der Waals surface area contributed by atoms with E-state index in [1.54, 1.807) is 4.90 Å². The number of hydrogen-bond acceptors (Lipinski definition) is 3. The fourth-order valence-electron chi connectivity index (χ4n) is 0.767. The summed E-state index contributed by atoms with van der Waals surface area (Å²) in [5.74, 6) is 0. The largest absolute Gasteiger partial charge is 0.334 e. The summed E-state index contributed by atoms with van der Waals surface area (Å²) in [4.78, 5) is 11.8. The van der Waals surface area contributed by atoms with E-state index >= 15 is 0 Å². The lowest BCUT2D eigenvalue weighted by molar-refractivity contribution is 0.372. The Morgan fingerprint density at radius 1 is 1.09 bits per heavy atom. The molecule has 0 unspecified atom stereocenters. The van der Waals surface area contributed by atoms with Gasteiger partial charge in [-0.1, -0.05) is 0 Å². The second kappa shape index (κ2) is 7.50. The Bertz CT molecular complexity index is 89.7. The first-order chi connectivity index (χ1) is 5.35. The van der Waals surface area contributed by atoms with E-state index in [9.17, 15) is 4.79 Å². The Morgan fingerprint density at radius 3 is 1.82 bits per heavy atom. The quantitative estimate of drug-likeness (QED) is 0.469. The van der Waals surface area contributed by atoms with Crippen molar-refractivity contribution >= 4 is 6.41 Å². The van der Waals surface area contributed by atoms with Crippen molar-refractivity contribution in [3.05, 3.63) is 0 Å². The van der Waals surface area contributed by atoms with Gasteiger partial charge in [-0.05, 0) is 25.9 Å². The predicted molar refractivity (Wildman–Crippen MR) is 44.6 cm³/mol. The van der Waals surface area contributed by atoms with Gasteiger partial charge in [0, 0.05) is 13.1 Å². The molecule has 4 N–H and O–H groups in total. The topological polar surface area (TPSA) is 72.3 Å². The Morgan fingerprint density at radius 2 is 1.55 bits per heavy atom. The number of rotatable bonds is 7. The van der Waals surface area contributed by atoms with Crippen LogP contribution in [-0.4, -0.2) is 37.5 Å². The van der Waals surface area contributed by atoms with Gasteiger partial charge in [0.15, 0.2) is 0 Å². The maximum atomic E-state index is 10.2. The van der Waals surface area contributed by atoms with Crippen LogP contribution >= 0.6 is 0 Å². The van der Waals surface area contributed by atoms with Crippen molar-refractivity contribution < 1.29 is 4.79 Å². The first-order valence-corrected chi connectivity index (χ1v) is 3.88. The zero-order valence-electron chi connectivity index (χ0n) is 6.75. The standard InChI is InChI=1S/C7H16N3O/c8-3-1-5-10(7-11)6-2-4-9/h1-6,8-9H2. The lowest BCUT2D eigenvalue weighted by Crippen LogP contribution is -2.27. The first-order valence-electron chi connectivity index (χ1n) is 3.88. The molecular weight excluding hydrogens is 142 g/mol. The molecule has 65 valence electrons. The van der Waals surface area contributed by atoms with Gasteiger partial charge in [0.2, 0.25) is 0 Å². The van der Waals surface area contributed by atoms with E-state index in [0.29, 0.717) is 26.2 Å². The molecule has 0 heterocycles. The van der Waals surface area contributed by atoms with Gasteiger partial charge in [0.05, 0.1) is 0 Å². The van der Waals surface area contributed by atoms with Crippen LogP contribution in [0.5, 0.6) is 0 Å². The molecule has 4 nitrogen and oxygen atoms in total.